The monoisotopic (exact) mass is 302 g/mol. The van der Waals surface area contributed by atoms with Crippen molar-refractivity contribution in [2.45, 2.75) is 13.0 Å². The van der Waals surface area contributed by atoms with Crippen LogP contribution in [0.3, 0.4) is 0 Å². The molecule has 2 aromatic rings. The Hall–Kier alpha value is -2.51. The van der Waals surface area contributed by atoms with Crippen LogP contribution >= 0.6 is 0 Å². The molecule has 0 aliphatic rings. The van der Waals surface area contributed by atoms with Crippen LogP contribution in [0.5, 0.6) is 11.8 Å². The lowest BCUT2D eigenvalue weighted by molar-refractivity contribution is -0.118. The number of nitrogens with two attached hydrogens (primary N) is 1. The number of methoxy groups -OCH3 is 1. The van der Waals surface area contributed by atoms with Gasteiger partial charge < -0.3 is 20.5 Å². The van der Waals surface area contributed by atoms with Crippen molar-refractivity contribution in [2.24, 2.45) is 5.73 Å². The van der Waals surface area contributed by atoms with Crippen LogP contribution in [0.1, 0.15) is 5.56 Å². The molecule has 1 amide bonds. The van der Waals surface area contributed by atoms with Crippen molar-refractivity contribution in [3.63, 3.8) is 0 Å². The number of nitrogens with one attached hydrogen (secondary N) is 1. The van der Waals surface area contributed by atoms with Crippen LogP contribution in [0.15, 0.2) is 36.7 Å². The van der Waals surface area contributed by atoms with E-state index in [0.717, 1.165) is 5.56 Å². The summed E-state index contributed by atoms with van der Waals surface area (Å²) in [5.74, 6) is 0.285. The van der Waals surface area contributed by atoms with Gasteiger partial charge in [-0.25, -0.2) is 9.97 Å². The van der Waals surface area contributed by atoms with Gasteiger partial charge in [-0.15, -0.1) is 0 Å². The number of ether oxygens (including phenoxy) is 2. The van der Waals surface area contributed by atoms with Crippen LogP contribution in [-0.4, -0.2) is 35.6 Å². The number of rotatable bonds is 6. The summed E-state index contributed by atoms with van der Waals surface area (Å²) in [6, 6.07) is 6.51. The van der Waals surface area contributed by atoms with E-state index < -0.39 is 6.04 Å². The van der Waals surface area contributed by atoms with E-state index in [1.807, 2.05) is 6.92 Å². The molecule has 0 aliphatic heterocycles. The summed E-state index contributed by atoms with van der Waals surface area (Å²) < 4.78 is 10.4. The van der Waals surface area contributed by atoms with Crippen LogP contribution < -0.4 is 15.8 Å². The number of nitrogens with zero attached hydrogens (tertiary/aromatic N) is 2. The zero-order chi connectivity index (χ0) is 15.9. The molecule has 1 heterocycles. The van der Waals surface area contributed by atoms with Gasteiger partial charge in [-0.1, -0.05) is 0 Å². The van der Waals surface area contributed by atoms with E-state index in [0.29, 0.717) is 11.4 Å². The van der Waals surface area contributed by atoms with Crippen molar-refractivity contribution in [3.8, 4) is 11.8 Å². The first-order valence-electron chi connectivity index (χ1n) is 6.71. The Labute approximate surface area is 128 Å². The van der Waals surface area contributed by atoms with Gasteiger partial charge >= 0.3 is 6.01 Å². The second kappa shape index (κ2) is 7.48. The third kappa shape index (κ3) is 4.24. The highest BCUT2D eigenvalue weighted by Crippen LogP contribution is 2.24. The Morgan fingerprint density at radius 2 is 2.09 bits per heavy atom. The zero-order valence-electron chi connectivity index (χ0n) is 12.4. The predicted octanol–water partition coefficient (Wildman–Crippen LogP) is 1.49. The average Bonchev–Trinajstić information content (AvgIpc) is 2.51. The van der Waals surface area contributed by atoms with Gasteiger partial charge in [0, 0.05) is 25.2 Å². The van der Waals surface area contributed by atoms with Crippen molar-refractivity contribution < 1.29 is 14.3 Å². The van der Waals surface area contributed by atoms with E-state index in [1.54, 1.807) is 36.7 Å². The lowest BCUT2D eigenvalue weighted by atomic mass is 10.2. The third-order valence-corrected chi connectivity index (χ3v) is 2.89. The van der Waals surface area contributed by atoms with E-state index in [9.17, 15) is 4.79 Å². The number of carbonyl (C=O) groups is 1. The van der Waals surface area contributed by atoms with E-state index in [4.69, 9.17) is 15.2 Å². The second-order valence-electron chi connectivity index (χ2n) is 4.66. The summed E-state index contributed by atoms with van der Waals surface area (Å²) in [4.78, 5) is 19.8. The number of anilines is 1. The molecular formula is C15H18N4O3. The molecule has 1 aromatic heterocycles. The number of amides is 1. The number of benzene rings is 1. The molecule has 0 spiro atoms. The number of aromatic nitrogens is 2. The van der Waals surface area contributed by atoms with Crippen molar-refractivity contribution >= 4 is 11.6 Å². The van der Waals surface area contributed by atoms with E-state index in [2.05, 4.69) is 15.3 Å². The third-order valence-electron chi connectivity index (χ3n) is 2.89. The fourth-order valence-electron chi connectivity index (χ4n) is 1.76. The molecule has 1 atom stereocenters. The normalized spacial score (nSPS) is 11.8. The maximum atomic E-state index is 11.9. The Balaban J connectivity index is 2.05. The quantitative estimate of drug-likeness (QED) is 0.838. The predicted molar refractivity (Wildman–Crippen MR) is 81.8 cm³/mol. The maximum absolute atomic E-state index is 11.9. The number of carbonyl (C=O) groups excluding carboxylic acids is 1. The fraction of sp³-hybridized carbons (Fsp3) is 0.267. The first-order chi connectivity index (χ1) is 10.6. The van der Waals surface area contributed by atoms with Gasteiger partial charge in [-0.3, -0.25) is 4.79 Å². The van der Waals surface area contributed by atoms with E-state index >= 15 is 0 Å². The summed E-state index contributed by atoms with van der Waals surface area (Å²) in [7, 11) is 1.50. The molecule has 0 saturated carbocycles. The molecule has 7 nitrogen and oxygen atoms in total. The van der Waals surface area contributed by atoms with Gasteiger partial charge in [0.2, 0.25) is 5.91 Å². The van der Waals surface area contributed by atoms with Crippen LogP contribution in [0, 0.1) is 6.92 Å². The van der Waals surface area contributed by atoms with Crippen molar-refractivity contribution in [2.75, 3.05) is 19.0 Å². The Morgan fingerprint density at radius 1 is 1.36 bits per heavy atom. The molecular weight excluding hydrogens is 284 g/mol. The van der Waals surface area contributed by atoms with Gasteiger partial charge in [0.1, 0.15) is 11.8 Å². The highest BCUT2D eigenvalue weighted by atomic mass is 16.5. The zero-order valence-corrected chi connectivity index (χ0v) is 12.4. The number of hydrogen-bond donors (Lipinski definition) is 2. The minimum absolute atomic E-state index is 0.164. The summed E-state index contributed by atoms with van der Waals surface area (Å²) in [5.41, 5.74) is 7.18. The first kappa shape index (κ1) is 15.9. The minimum Gasteiger partial charge on any atom is -0.424 e. The van der Waals surface area contributed by atoms with Gasteiger partial charge in [0.15, 0.2) is 0 Å². The van der Waals surface area contributed by atoms with Crippen LogP contribution in [0.2, 0.25) is 0 Å². The maximum Gasteiger partial charge on any atom is 0.321 e. The Morgan fingerprint density at radius 3 is 2.73 bits per heavy atom. The highest BCUT2D eigenvalue weighted by molar-refractivity contribution is 5.95. The van der Waals surface area contributed by atoms with Crippen LogP contribution in [0.4, 0.5) is 5.69 Å². The number of hydrogen-bond acceptors (Lipinski definition) is 6. The standard InChI is InChI=1S/C15H18N4O3/c1-10-8-11(22-15-17-6-3-7-18-15)4-5-13(10)19-14(20)12(16)9-21-2/h3-8,12H,9,16H2,1-2H3,(H,19,20). The van der Waals surface area contributed by atoms with Gasteiger partial charge in [-0.2, -0.15) is 0 Å². The number of aryl methyl sites for hydroxylation is 1. The van der Waals surface area contributed by atoms with Crippen molar-refractivity contribution in [1.82, 2.24) is 9.97 Å². The fourth-order valence-corrected chi connectivity index (χ4v) is 1.76. The van der Waals surface area contributed by atoms with Crippen molar-refractivity contribution in [3.05, 3.63) is 42.2 Å². The molecule has 2 rings (SSSR count). The molecule has 1 aromatic carbocycles. The molecule has 0 fully saturated rings. The lowest BCUT2D eigenvalue weighted by Gasteiger charge is -2.13. The van der Waals surface area contributed by atoms with Gasteiger partial charge in [0.25, 0.3) is 0 Å². The van der Waals surface area contributed by atoms with E-state index in [1.165, 1.54) is 7.11 Å². The Bertz CT molecular complexity index is 634. The Kier molecular flexibility index (Phi) is 5.40. The molecule has 0 bridgehead atoms. The van der Waals surface area contributed by atoms with Crippen LogP contribution in [-0.2, 0) is 9.53 Å². The molecule has 3 N–H and O–H groups in total. The summed E-state index contributed by atoms with van der Waals surface area (Å²) >= 11 is 0. The average molecular weight is 302 g/mol. The molecule has 7 heteroatoms. The first-order valence-corrected chi connectivity index (χ1v) is 6.71. The SMILES string of the molecule is COCC(N)C(=O)Nc1ccc(Oc2ncccn2)cc1C. The topological polar surface area (TPSA) is 99.4 Å². The smallest absolute Gasteiger partial charge is 0.321 e. The molecule has 0 aliphatic carbocycles. The van der Waals surface area contributed by atoms with Crippen LogP contribution in [0.25, 0.3) is 0 Å². The van der Waals surface area contributed by atoms with E-state index in [-0.39, 0.29) is 18.5 Å². The molecule has 1 unspecified atom stereocenters. The van der Waals surface area contributed by atoms with Gasteiger partial charge in [0.05, 0.1) is 6.61 Å². The second-order valence-corrected chi connectivity index (χ2v) is 4.66. The largest absolute Gasteiger partial charge is 0.424 e. The molecule has 0 saturated heterocycles. The minimum atomic E-state index is -0.710. The molecule has 0 radical (unpaired) electrons. The van der Waals surface area contributed by atoms with Gasteiger partial charge in [-0.05, 0) is 36.8 Å². The summed E-state index contributed by atoms with van der Waals surface area (Å²) in [6.45, 7) is 2.02. The molecule has 22 heavy (non-hydrogen) atoms. The lowest BCUT2D eigenvalue weighted by Crippen LogP contribution is -2.39. The summed E-state index contributed by atoms with van der Waals surface area (Å²) in [6.07, 6.45) is 3.20. The summed E-state index contributed by atoms with van der Waals surface area (Å²) in [5, 5.41) is 2.76. The van der Waals surface area contributed by atoms with Crippen molar-refractivity contribution in [1.29, 1.82) is 0 Å². The molecule has 116 valence electrons. The highest BCUT2D eigenvalue weighted by Gasteiger charge is 2.14.